The van der Waals surface area contributed by atoms with E-state index in [2.05, 4.69) is 5.32 Å². The highest BCUT2D eigenvalue weighted by atomic mass is 16.7. The van der Waals surface area contributed by atoms with E-state index in [4.69, 9.17) is 41.9 Å². The number of nitrogens with two attached hydrogens (primary N) is 4. The number of hydrogen-bond acceptors (Lipinski definition) is 12. The highest BCUT2D eigenvalue weighted by molar-refractivity contribution is 5.04. The zero-order valence-corrected chi connectivity index (χ0v) is 18.0. The molecule has 1 saturated carbocycles. The van der Waals surface area contributed by atoms with Gasteiger partial charge in [0.25, 0.3) is 0 Å². The standard InChI is InChI=1S/C19H37N5O7/c1-19(27)7-28-18(13(26)16(19)24-2)31-15-11(23)5-10(22)14(12(15)25)30-17-9(21)4-3-8(6-20)29-17/h3,9-18,24-27H,4-7,20-23H2,1-2H3/t9-,10-,11+,12+,13-,14+,15-,16+,17-,18-,19+/m1/s1. The predicted molar refractivity (Wildman–Crippen MR) is 110 cm³/mol. The van der Waals surface area contributed by atoms with Gasteiger partial charge in [0.1, 0.15) is 35.8 Å². The molecule has 1 aliphatic carbocycles. The first kappa shape index (κ1) is 24.7. The van der Waals surface area contributed by atoms with Gasteiger partial charge in [0.2, 0.25) is 6.29 Å². The second kappa shape index (κ2) is 9.93. The lowest BCUT2D eigenvalue weighted by Gasteiger charge is -2.48. The summed E-state index contributed by atoms with van der Waals surface area (Å²) in [6.07, 6.45) is -3.56. The summed E-state index contributed by atoms with van der Waals surface area (Å²) < 4.78 is 23.1. The van der Waals surface area contributed by atoms with E-state index < -0.39 is 66.8 Å². The molecule has 3 aliphatic rings. The minimum absolute atomic E-state index is 0.0727. The fraction of sp³-hybridized carbons (Fsp3) is 0.895. The van der Waals surface area contributed by atoms with Crippen molar-refractivity contribution in [2.75, 3.05) is 20.2 Å². The van der Waals surface area contributed by atoms with E-state index in [1.165, 1.54) is 0 Å². The van der Waals surface area contributed by atoms with Crippen molar-refractivity contribution in [1.29, 1.82) is 0 Å². The van der Waals surface area contributed by atoms with E-state index in [0.717, 1.165) is 0 Å². The highest BCUT2D eigenvalue weighted by Gasteiger charge is 2.50. The van der Waals surface area contributed by atoms with Crippen LogP contribution in [-0.2, 0) is 18.9 Å². The quantitative estimate of drug-likeness (QED) is 0.196. The summed E-state index contributed by atoms with van der Waals surface area (Å²) >= 11 is 0. The van der Waals surface area contributed by atoms with Gasteiger partial charge in [-0.2, -0.15) is 0 Å². The summed E-state index contributed by atoms with van der Waals surface area (Å²) in [5.74, 6) is 0.555. The average molecular weight is 448 g/mol. The molecule has 0 aromatic carbocycles. The van der Waals surface area contributed by atoms with Crippen LogP contribution in [0.15, 0.2) is 11.8 Å². The third-order valence-electron chi connectivity index (χ3n) is 6.22. The van der Waals surface area contributed by atoms with Crippen LogP contribution in [0, 0.1) is 0 Å². The van der Waals surface area contributed by atoms with Crippen LogP contribution in [0.1, 0.15) is 19.8 Å². The van der Waals surface area contributed by atoms with Gasteiger partial charge in [-0.25, -0.2) is 0 Å². The Morgan fingerprint density at radius 3 is 2.29 bits per heavy atom. The van der Waals surface area contributed by atoms with E-state index >= 15 is 0 Å². The number of aliphatic hydroxyl groups is 3. The Balaban J connectivity index is 1.69. The molecule has 31 heavy (non-hydrogen) atoms. The van der Waals surface area contributed by atoms with E-state index in [1.807, 2.05) is 0 Å². The van der Waals surface area contributed by atoms with Gasteiger partial charge >= 0.3 is 0 Å². The molecule has 12 heteroatoms. The van der Waals surface area contributed by atoms with E-state index in [1.54, 1.807) is 20.0 Å². The van der Waals surface area contributed by atoms with Crippen molar-refractivity contribution in [3.05, 3.63) is 11.8 Å². The number of aliphatic hydroxyl groups excluding tert-OH is 2. The fourth-order valence-corrected chi connectivity index (χ4v) is 4.44. The van der Waals surface area contributed by atoms with E-state index in [9.17, 15) is 15.3 Å². The smallest absolute Gasteiger partial charge is 0.215 e. The lowest BCUT2D eigenvalue weighted by atomic mass is 9.84. The van der Waals surface area contributed by atoms with Crippen LogP contribution >= 0.6 is 0 Å². The van der Waals surface area contributed by atoms with Crippen LogP contribution in [0.4, 0.5) is 0 Å². The molecule has 180 valence electrons. The maximum absolute atomic E-state index is 11.0. The second-order valence-electron chi connectivity index (χ2n) is 8.81. The lowest BCUT2D eigenvalue weighted by Crippen LogP contribution is -2.68. The van der Waals surface area contributed by atoms with Crippen molar-refractivity contribution < 1.29 is 34.3 Å². The van der Waals surface area contributed by atoms with Crippen LogP contribution < -0.4 is 28.3 Å². The SMILES string of the molecule is CN[C@H]1[C@@H](O)[C@@H](O[C@H]2[C@@H](O)[C@@H](O[C@H]3OC(CN)=CC[C@H]3N)[C@H](N)C[C@@H]2N)OC[C@]1(C)O. The maximum Gasteiger partial charge on any atom is 0.215 e. The molecular formula is C19H37N5O7. The van der Waals surface area contributed by atoms with Crippen LogP contribution in [0.25, 0.3) is 0 Å². The Hall–Kier alpha value is -0.900. The number of ether oxygens (including phenoxy) is 4. The summed E-state index contributed by atoms with van der Waals surface area (Å²) in [5.41, 5.74) is 22.9. The van der Waals surface area contributed by atoms with Gasteiger partial charge in [0.15, 0.2) is 6.29 Å². The molecule has 0 radical (unpaired) electrons. The Bertz CT molecular complexity index is 639. The largest absolute Gasteiger partial charge is 0.467 e. The van der Waals surface area contributed by atoms with Gasteiger partial charge in [-0.3, -0.25) is 0 Å². The third-order valence-corrected chi connectivity index (χ3v) is 6.22. The summed E-state index contributed by atoms with van der Waals surface area (Å²) in [4.78, 5) is 0. The predicted octanol–water partition coefficient (Wildman–Crippen LogP) is -3.85. The van der Waals surface area contributed by atoms with Gasteiger partial charge in [-0.1, -0.05) is 0 Å². The normalized spacial score (nSPS) is 48.7. The molecular weight excluding hydrogens is 410 g/mol. The van der Waals surface area contributed by atoms with Crippen molar-refractivity contribution in [2.45, 2.75) is 86.5 Å². The molecule has 0 spiro atoms. The van der Waals surface area contributed by atoms with E-state index in [0.29, 0.717) is 18.6 Å². The van der Waals surface area contributed by atoms with Gasteiger partial charge in [0.05, 0.1) is 25.2 Å². The molecule has 12 N–H and O–H groups in total. The number of rotatable bonds is 6. The van der Waals surface area contributed by atoms with Crippen molar-refractivity contribution >= 4 is 0 Å². The molecule has 0 aromatic heterocycles. The minimum Gasteiger partial charge on any atom is -0.467 e. The van der Waals surface area contributed by atoms with Crippen molar-refractivity contribution in [2.24, 2.45) is 22.9 Å². The summed E-state index contributed by atoms with van der Waals surface area (Å²) in [7, 11) is 1.62. The van der Waals surface area contributed by atoms with Gasteiger partial charge in [0, 0.05) is 12.1 Å². The highest BCUT2D eigenvalue weighted by Crippen LogP contribution is 2.31. The topological polar surface area (TPSA) is 214 Å². The van der Waals surface area contributed by atoms with Gasteiger partial charge < -0.3 is 62.5 Å². The zero-order chi connectivity index (χ0) is 22.9. The first-order chi connectivity index (χ1) is 14.6. The molecule has 11 atom stereocenters. The Kier molecular flexibility index (Phi) is 7.92. The Morgan fingerprint density at radius 2 is 1.71 bits per heavy atom. The van der Waals surface area contributed by atoms with Gasteiger partial charge in [-0.05, 0) is 32.9 Å². The molecule has 0 amide bonds. The van der Waals surface area contributed by atoms with Crippen LogP contribution in [0.5, 0.6) is 0 Å². The molecule has 0 bridgehead atoms. The number of likely N-dealkylation sites (N-methyl/N-ethyl adjacent to an activating group) is 1. The van der Waals surface area contributed by atoms with Crippen molar-refractivity contribution in [3.8, 4) is 0 Å². The summed E-state index contributed by atoms with van der Waals surface area (Å²) in [6.45, 7) is 1.68. The first-order valence-electron chi connectivity index (χ1n) is 10.6. The molecule has 2 fully saturated rings. The van der Waals surface area contributed by atoms with Crippen molar-refractivity contribution in [1.82, 2.24) is 5.32 Å². The van der Waals surface area contributed by atoms with E-state index in [-0.39, 0.29) is 13.2 Å². The Morgan fingerprint density at radius 1 is 1.10 bits per heavy atom. The molecule has 2 aliphatic heterocycles. The molecule has 2 heterocycles. The molecule has 0 unspecified atom stereocenters. The average Bonchev–Trinajstić information content (AvgIpc) is 2.71. The second-order valence-corrected chi connectivity index (χ2v) is 8.81. The summed E-state index contributed by atoms with van der Waals surface area (Å²) in [5, 5.41) is 34.9. The minimum atomic E-state index is -1.29. The van der Waals surface area contributed by atoms with Crippen LogP contribution in [0.2, 0.25) is 0 Å². The summed E-state index contributed by atoms with van der Waals surface area (Å²) in [6, 6.07) is -2.37. The van der Waals surface area contributed by atoms with Crippen molar-refractivity contribution in [3.63, 3.8) is 0 Å². The Labute approximate surface area is 181 Å². The maximum atomic E-state index is 11.0. The van der Waals surface area contributed by atoms with Gasteiger partial charge in [-0.15, -0.1) is 0 Å². The van der Waals surface area contributed by atoms with Crippen LogP contribution in [-0.4, -0.2) is 102 Å². The number of hydrogen-bond donors (Lipinski definition) is 8. The lowest BCUT2D eigenvalue weighted by molar-refractivity contribution is -0.303. The molecule has 12 nitrogen and oxygen atoms in total. The third kappa shape index (κ3) is 5.20. The monoisotopic (exact) mass is 447 g/mol. The van der Waals surface area contributed by atoms with Crippen LogP contribution in [0.3, 0.4) is 0 Å². The number of nitrogens with one attached hydrogen (secondary N) is 1. The molecule has 0 aromatic rings. The zero-order valence-electron chi connectivity index (χ0n) is 18.0. The fourth-order valence-electron chi connectivity index (χ4n) is 4.44. The molecule has 3 rings (SSSR count). The first-order valence-corrected chi connectivity index (χ1v) is 10.6. The molecule has 1 saturated heterocycles.